The molecule has 0 saturated heterocycles. The molecule has 0 aromatic rings. The standard InChI is InChI=1S/C9H19NO/c1-3-11-10-8(2)7-9-5-4-6-9/h8-10H,3-7H2,1-2H3. The van der Waals surface area contributed by atoms with Crippen molar-refractivity contribution in [3.63, 3.8) is 0 Å². The minimum absolute atomic E-state index is 0.528. The average Bonchev–Trinajstić information content (AvgIpc) is 1.93. The highest BCUT2D eigenvalue weighted by Crippen LogP contribution is 2.30. The van der Waals surface area contributed by atoms with Gasteiger partial charge in [0, 0.05) is 6.04 Å². The van der Waals surface area contributed by atoms with Gasteiger partial charge in [-0.05, 0) is 26.2 Å². The number of nitrogens with one attached hydrogen (secondary N) is 1. The molecular formula is C9H19NO. The second kappa shape index (κ2) is 4.73. The summed E-state index contributed by atoms with van der Waals surface area (Å²) < 4.78 is 0. The molecule has 66 valence electrons. The molecule has 0 bridgehead atoms. The topological polar surface area (TPSA) is 21.3 Å². The first-order valence-corrected chi connectivity index (χ1v) is 4.70. The van der Waals surface area contributed by atoms with Gasteiger partial charge in [0.2, 0.25) is 0 Å². The quantitative estimate of drug-likeness (QED) is 0.617. The molecule has 0 spiro atoms. The van der Waals surface area contributed by atoms with Crippen LogP contribution in [0.5, 0.6) is 0 Å². The van der Waals surface area contributed by atoms with Gasteiger partial charge < -0.3 is 4.84 Å². The van der Waals surface area contributed by atoms with Gasteiger partial charge in [0.15, 0.2) is 0 Å². The molecule has 0 heterocycles. The lowest BCUT2D eigenvalue weighted by Gasteiger charge is -2.28. The fourth-order valence-corrected chi connectivity index (χ4v) is 1.50. The van der Waals surface area contributed by atoms with Crippen molar-refractivity contribution in [3.05, 3.63) is 0 Å². The second-order valence-corrected chi connectivity index (χ2v) is 3.48. The van der Waals surface area contributed by atoms with Gasteiger partial charge in [-0.2, -0.15) is 5.48 Å². The normalized spacial score (nSPS) is 21.3. The highest BCUT2D eigenvalue weighted by Gasteiger charge is 2.19. The molecule has 0 aromatic heterocycles. The summed E-state index contributed by atoms with van der Waals surface area (Å²) in [5.41, 5.74) is 3.03. The van der Waals surface area contributed by atoms with E-state index in [1.54, 1.807) is 0 Å². The lowest BCUT2D eigenvalue weighted by molar-refractivity contribution is 0.0196. The Kier molecular flexibility index (Phi) is 3.87. The van der Waals surface area contributed by atoms with Crippen molar-refractivity contribution in [1.82, 2.24) is 5.48 Å². The van der Waals surface area contributed by atoms with Gasteiger partial charge in [0.1, 0.15) is 0 Å². The molecule has 0 amide bonds. The molecule has 1 saturated carbocycles. The predicted molar refractivity (Wildman–Crippen MR) is 46.2 cm³/mol. The smallest absolute Gasteiger partial charge is 0.0654 e. The maximum absolute atomic E-state index is 5.11. The van der Waals surface area contributed by atoms with Gasteiger partial charge in [-0.3, -0.25) is 0 Å². The Bertz CT molecular complexity index is 102. The Morgan fingerprint density at radius 1 is 1.55 bits per heavy atom. The summed E-state index contributed by atoms with van der Waals surface area (Å²) in [7, 11) is 0. The SMILES string of the molecule is CCONC(C)CC1CCC1. The summed E-state index contributed by atoms with van der Waals surface area (Å²) >= 11 is 0. The third kappa shape index (κ3) is 3.21. The van der Waals surface area contributed by atoms with Crippen LogP contribution in [0, 0.1) is 5.92 Å². The van der Waals surface area contributed by atoms with Crippen molar-refractivity contribution < 1.29 is 4.84 Å². The maximum Gasteiger partial charge on any atom is 0.0654 e. The van der Waals surface area contributed by atoms with E-state index in [2.05, 4.69) is 12.4 Å². The van der Waals surface area contributed by atoms with Crippen LogP contribution in [-0.2, 0) is 4.84 Å². The minimum Gasteiger partial charge on any atom is -0.302 e. The lowest BCUT2D eigenvalue weighted by Crippen LogP contribution is -2.30. The van der Waals surface area contributed by atoms with E-state index in [4.69, 9.17) is 4.84 Å². The van der Waals surface area contributed by atoms with Gasteiger partial charge in [-0.25, -0.2) is 0 Å². The van der Waals surface area contributed by atoms with Gasteiger partial charge in [0.05, 0.1) is 6.61 Å². The van der Waals surface area contributed by atoms with E-state index in [1.807, 2.05) is 6.92 Å². The van der Waals surface area contributed by atoms with E-state index in [1.165, 1.54) is 25.7 Å². The summed E-state index contributed by atoms with van der Waals surface area (Å²) in [6.07, 6.45) is 5.57. The summed E-state index contributed by atoms with van der Waals surface area (Å²) in [6.45, 7) is 4.95. The summed E-state index contributed by atoms with van der Waals surface area (Å²) in [5.74, 6) is 0.970. The third-order valence-corrected chi connectivity index (χ3v) is 2.34. The van der Waals surface area contributed by atoms with Crippen molar-refractivity contribution in [3.8, 4) is 0 Å². The number of hydroxylamine groups is 1. The Morgan fingerprint density at radius 3 is 2.73 bits per heavy atom. The molecule has 1 fully saturated rings. The van der Waals surface area contributed by atoms with Gasteiger partial charge in [0.25, 0.3) is 0 Å². The van der Waals surface area contributed by atoms with Crippen LogP contribution < -0.4 is 5.48 Å². The number of rotatable bonds is 5. The Balaban J connectivity index is 1.95. The Labute approximate surface area is 69.3 Å². The van der Waals surface area contributed by atoms with Gasteiger partial charge >= 0.3 is 0 Å². The molecule has 1 rings (SSSR count). The van der Waals surface area contributed by atoms with E-state index >= 15 is 0 Å². The Morgan fingerprint density at radius 2 is 2.27 bits per heavy atom. The molecule has 11 heavy (non-hydrogen) atoms. The Hall–Kier alpha value is -0.0800. The molecule has 2 nitrogen and oxygen atoms in total. The van der Waals surface area contributed by atoms with Crippen LogP contribution in [0.25, 0.3) is 0 Å². The summed E-state index contributed by atoms with van der Waals surface area (Å²) in [5, 5.41) is 0. The largest absolute Gasteiger partial charge is 0.302 e. The summed E-state index contributed by atoms with van der Waals surface area (Å²) in [6, 6.07) is 0.528. The van der Waals surface area contributed by atoms with E-state index < -0.39 is 0 Å². The monoisotopic (exact) mass is 157 g/mol. The van der Waals surface area contributed by atoms with E-state index in [0.29, 0.717) is 6.04 Å². The van der Waals surface area contributed by atoms with Crippen molar-refractivity contribution >= 4 is 0 Å². The van der Waals surface area contributed by atoms with Crippen LogP contribution in [0.2, 0.25) is 0 Å². The zero-order chi connectivity index (χ0) is 8.10. The zero-order valence-electron chi connectivity index (χ0n) is 7.60. The average molecular weight is 157 g/mol. The van der Waals surface area contributed by atoms with Crippen LogP contribution in [0.15, 0.2) is 0 Å². The molecule has 0 aromatic carbocycles. The number of hydrogen-bond donors (Lipinski definition) is 1. The molecule has 1 atom stereocenters. The molecule has 1 N–H and O–H groups in total. The number of hydrogen-bond acceptors (Lipinski definition) is 2. The van der Waals surface area contributed by atoms with Crippen LogP contribution in [0.4, 0.5) is 0 Å². The van der Waals surface area contributed by atoms with Crippen molar-refractivity contribution in [2.75, 3.05) is 6.61 Å². The van der Waals surface area contributed by atoms with E-state index in [9.17, 15) is 0 Å². The first-order valence-electron chi connectivity index (χ1n) is 4.70. The zero-order valence-corrected chi connectivity index (χ0v) is 7.60. The lowest BCUT2D eigenvalue weighted by atomic mass is 9.81. The molecule has 0 radical (unpaired) electrons. The molecule has 1 aliphatic rings. The third-order valence-electron chi connectivity index (χ3n) is 2.34. The fraction of sp³-hybridized carbons (Fsp3) is 1.00. The van der Waals surface area contributed by atoms with Crippen LogP contribution in [-0.4, -0.2) is 12.6 Å². The summed E-state index contributed by atoms with van der Waals surface area (Å²) in [4.78, 5) is 5.11. The van der Waals surface area contributed by atoms with Crippen LogP contribution in [0.3, 0.4) is 0 Å². The first-order chi connectivity index (χ1) is 5.33. The maximum atomic E-state index is 5.11. The molecule has 0 aliphatic heterocycles. The van der Waals surface area contributed by atoms with E-state index in [0.717, 1.165) is 12.5 Å². The van der Waals surface area contributed by atoms with E-state index in [-0.39, 0.29) is 0 Å². The van der Waals surface area contributed by atoms with Crippen LogP contribution >= 0.6 is 0 Å². The second-order valence-electron chi connectivity index (χ2n) is 3.48. The predicted octanol–water partition coefficient (Wildman–Crippen LogP) is 2.11. The van der Waals surface area contributed by atoms with Crippen LogP contribution in [0.1, 0.15) is 39.5 Å². The van der Waals surface area contributed by atoms with Crippen molar-refractivity contribution in [1.29, 1.82) is 0 Å². The first kappa shape index (κ1) is 9.01. The molecule has 1 unspecified atom stereocenters. The van der Waals surface area contributed by atoms with Crippen molar-refractivity contribution in [2.45, 2.75) is 45.6 Å². The fourth-order valence-electron chi connectivity index (χ4n) is 1.50. The molecular weight excluding hydrogens is 138 g/mol. The van der Waals surface area contributed by atoms with Gasteiger partial charge in [-0.1, -0.05) is 19.3 Å². The van der Waals surface area contributed by atoms with Crippen molar-refractivity contribution in [2.24, 2.45) is 5.92 Å². The van der Waals surface area contributed by atoms with Gasteiger partial charge in [-0.15, -0.1) is 0 Å². The molecule has 1 aliphatic carbocycles. The minimum atomic E-state index is 0.528. The highest BCUT2D eigenvalue weighted by molar-refractivity contribution is 4.73. The molecule has 2 heteroatoms. The highest BCUT2D eigenvalue weighted by atomic mass is 16.6.